The van der Waals surface area contributed by atoms with Gasteiger partial charge in [0.25, 0.3) is 0 Å². The molecule has 1 aliphatic heterocycles. The highest BCUT2D eigenvalue weighted by Gasteiger charge is 2.34. The Hall–Kier alpha value is -4.01. The van der Waals surface area contributed by atoms with Gasteiger partial charge in [-0.15, -0.1) is 0 Å². The molecule has 0 saturated heterocycles. The van der Waals surface area contributed by atoms with Crippen molar-refractivity contribution in [2.75, 3.05) is 19.5 Å². The monoisotopic (exact) mass is 419 g/mol. The molecule has 1 atom stereocenters. The molecule has 9 heteroatoms. The number of imidazole rings is 1. The maximum absolute atomic E-state index is 12.7. The number of ether oxygens (including phenoxy) is 2. The summed E-state index contributed by atoms with van der Waals surface area (Å²) in [5.41, 5.74) is 4.13. The van der Waals surface area contributed by atoms with Crippen LogP contribution in [0, 0.1) is 6.92 Å². The van der Waals surface area contributed by atoms with E-state index >= 15 is 0 Å². The summed E-state index contributed by atoms with van der Waals surface area (Å²) in [7, 11) is 2.95. The number of aromatic nitrogens is 4. The molecular weight excluding hydrogens is 398 g/mol. The molecule has 31 heavy (non-hydrogen) atoms. The third-order valence-corrected chi connectivity index (χ3v) is 5.58. The number of fused-ring (bicyclic) bond motifs is 2. The van der Waals surface area contributed by atoms with Gasteiger partial charge in [-0.2, -0.15) is 9.78 Å². The fraction of sp³-hybridized carbons (Fsp3) is 0.227. The molecular formula is C22H21N5O4. The molecule has 0 aliphatic carbocycles. The fourth-order valence-electron chi connectivity index (χ4n) is 4.14. The number of para-hydroxylation sites is 2. The van der Waals surface area contributed by atoms with Gasteiger partial charge in [-0.1, -0.05) is 12.1 Å². The first kappa shape index (κ1) is 19.0. The van der Waals surface area contributed by atoms with Gasteiger partial charge in [0.15, 0.2) is 11.5 Å². The number of aryl methyl sites for hydroxylation is 1. The number of benzene rings is 2. The maximum Gasteiger partial charge on any atom is 0.231 e. The van der Waals surface area contributed by atoms with Crippen molar-refractivity contribution in [2.24, 2.45) is 0 Å². The van der Waals surface area contributed by atoms with Gasteiger partial charge in [-0.25, -0.2) is 4.98 Å². The van der Waals surface area contributed by atoms with Crippen molar-refractivity contribution in [3.63, 3.8) is 0 Å². The first-order chi connectivity index (χ1) is 15.0. The number of anilines is 1. The van der Waals surface area contributed by atoms with E-state index in [9.17, 15) is 9.90 Å². The van der Waals surface area contributed by atoms with E-state index in [-0.39, 0.29) is 35.5 Å². The number of aromatic amines is 1. The number of carbonyl (C=O) groups is 1. The van der Waals surface area contributed by atoms with Crippen molar-refractivity contribution >= 4 is 22.8 Å². The van der Waals surface area contributed by atoms with Crippen molar-refractivity contribution in [2.45, 2.75) is 19.3 Å². The van der Waals surface area contributed by atoms with Crippen LogP contribution < -0.4 is 14.8 Å². The summed E-state index contributed by atoms with van der Waals surface area (Å²) in [6.07, 6.45) is 0.233. The molecule has 158 valence electrons. The van der Waals surface area contributed by atoms with Gasteiger partial charge in [0.05, 0.1) is 30.9 Å². The summed E-state index contributed by atoms with van der Waals surface area (Å²) < 4.78 is 12.2. The molecule has 0 fully saturated rings. The Labute approximate surface area is 177 Å². The van der Waals surface area contributed by atoms with Gasteiger partial charge in [-0.05, 0) is 36.8 Å². The van der Waals surface area contributed by atoms with Crippen LogP contribution in [-0.4, -0.2) is 45.0 Å². The number of nitrogens with zero attached hydrogens (tertiary/aromatic N) is 3. The lowest BCUT2D eigenvalue weighted by atomic mass is 9.85. The number of carbonyl (C=O) groups excluding carboxylic acids is 1. The van der Waals surface area contributed by atoms with Crippen molar-refractivity contribution in [3.05, 3.63) is 53.2 Å². The van der Waals surface area contributed by atoms with E-state index in [0.29, 0.717) is 11.8 Å². The summed E-state index contributed by atoms with van der Waals surface area (Å²) in [4.78, 5) is 20.5. The number of hydrogen-bond donors (Lipinski definition) is 3. The Morgan fingerprint density at radius 3 is 2.55 bits per heavy atom. The first-order valence-electron chi connectivity index (χ1n) is 9.79. The number of nitrogens with one attached hydrogen (secondary N) is 2. The molecule has 5 rings (SSSR count). The third kappa shape index (κ3) is 2.97. The van der Waals surface area contributed by atoms with Crippen molar-refractivity contribution in [1.82, 2.24) is 19.7 Å². The number of phenols is 1. The maximum atomic E-state index is 12.7. The zero-order valence-corrected chi connectivity index (χ0v) is 17.3. The number of rotatable bonds is 4. The number of aromatic hydroxyl groups is 1. The first-order valence-corrected chi connectivity index (χ1v) is 9.79. The van der Waals surface area contributed by atoms with E-state index < -0.39 is 0 Å². The van der Waals surface area contributed by atoms with E-state index in [0.717, 1.165) is 27.9 Å². The highest BCUT2D eigenvalue weighted by Crippen LogP contribution is 2.45. The zero-order valence-electron chi connectivity index (χ0n) is 17.3. The van der Waals surface area contributed by atoms with Crippen LogP contribution in [0.4, 0.5) is 5.82 Å². The van der Waals surface area contributed by atoms with Gasteiger partial charge in [-0.3, -0.25) is 4.79 Å². The second kappa shape index (κ2) is 7.05. The molecule has 4 aromatic rings. The molecule has 2 aromatic heterocycles. The van der Waals surface area contributed by atoms with Gasteiger partial charge in [0.1, 0.15) is 5.82 Å². The molecule has 3 N–H and O–H groups in total. The van der Waals surface area contributed by atoms with Crippen LogP contribution in [0.5, 0.6) is 17.2 Å². The molecule has 1 aliphatic rings. The van der Waals surface area contributed by atoms with Crippen LogP contribution >= 0.6 is 0 Å². The molecule has 2 aromatic carbocycles. The Morgan fingerprint density at radius 1 is 1.16 bits per heavy atom. The Bertz CT molecular complexity index is 1260. The van der Waals surface area contributed by atoms with Crippen LogP contribution in [0.15, 0.2) is 36.4 Å². The second-order valence-corrected chi connectivity index (χ2v) is 7.42. The normalized spacial score (nSPS) is 15.6. The van der Waals surface area contributed by atoms with E-state index in [2.05, 4.69) is 20.4 Å². The predicted octanol–water partition coefficient (Wildman–Crippen LogP) is 3.25. The van der Waals surface area contributed by atoms with Crippen molar-refractivity contribution in [1.29, 1.82) is 0 Å². The minimum absolute atomic E-state index is 0.0797. The van der Waals surface area contributed by atoms with E-state index in [1.165, 1.54) is 14.2 Å². The summed E-state index contributed by atoms with van der Waals surface area (Å²) in [5.74, 6) is 1.15. The fourth-order valence-corrected chi connectivity index (χ4v) is 4.14. The van der Waals surface area contributed by atoms with Crippen LogP contribution in [0.25, 0.3) is 17.0 Å². The van der Waals surface area contributed by atoms with Crippen molar-refractivity contribution < 1.29 is 19.4 Å². The summed E-state index contributed by atoms with van der Waals surface area (Å²) in [5, 5.41) is 17.9. The standard InChI is InChI=1S/C22H21N5O4/c1-11-19-13(12-8-16(30-2)20(29)17(9-12)31-3)10-18(28)25-21(19)27(26-11)22-23-14-6-4-5-7-15(14)24-22/h4-9,13,29H,10H2,1-3H3,(H,23,24)(H,25,28)/t13-/m0/s1. The SMILES string of the molecule is COc1cc([C@@H]2CC(=O)Nc3c2c(C)nn3-c2nc3ccccc3[nH]2)cc(OC)c1O. The van der Waals surface area contributed by atoms with Gasteiger partial charge in [0.2, 0.25) is 17.6 Å². The van der Waals surface area contributed by atoms with Gasteiger partial charge in [0, 0.05) is 17.9 Å². The average Bonchev–Trinajstić information content (AvgIpc) is 3.34. The third-order valence-electron chi connectivity index (χ3n) is 5.58. The van der Waals surface area contributed by atoms with Crippen molar-refractivity contribution in [3.8, 4) is 23.2 Å². The molecule has 0 radical (unpaired) electrons. The van der Waals surface area contributed by atoms with Gasteiger partial charge < -0.3 is 24.9 Å². The van der Waals surface area contributed by atoms with Crippen LogP contribution in [-0.2, 0) is 4.79 Å². The van der Waals surface area contributed by atoms with E-state index in [4.69, 9.17) is 9.47 Å². The lowest BCUT2D eigenvalue weighted by Gasteiger charge is -2.25. The predicted molar refractivity (Wildman–Crippen MR) is 114 cm³/mol. The summed E-state index contributed by atoms with van der Waals surface area (Å²) in [6, 6.07) is 11.1. The zero-order chi connectivity index (χ0) is 21.7. The van der Waals surface area contributed by atoms with E-state index in [1.807, 2.05) is 31.2 Å². The molecule has 9 nitrogen and oxygen atoms in total. The quantitative estimate of drug-likeness (QED) is 0.468. The minimum atomic E-state index is -0.287. The average molecular weight is 419 g/mol. The number of hydrogen-bond acceptors (Lipinski definition) is 6. The number of methoxy groups -OCH3 is 2. The molecule has 0 saturated carbocycles. The molecule has 0 unspecified atom stereocenters. The largest absolute Gasteiger partial charge is 0.502 e. The Balaban J connectivity index is 1.67. The summed E-state index contributed by atoms with van der Waals surface area (Å²) >= 11 is 0. The topological polar surface area (TPSA) is 114 Å². The lowest BCUT2D eigenvalue weighted by molar-refractivity contribution is -0.116. The number of phenolic OH excluding ortho intramolecular Hbond substituents is 1. The van der Waals surface area contributed by atoms with Crippen LogP contribution in [0.1, 0.15) is 29.2 Å². The summed E-state index contributed by atoms with van der Waals surface area (Å²) in [6.45, 7) is 1.90. The van der Waals surface area contributed by atoms with E-state index in [1.54, 1.807) is 16.8 Å². The van der Waals surface area contributed by atoms with Crippen LogP contribution in [0.3, 0.4) is 0 Å². The molecule has 0 bridgehead atoms. The highest BCUT2D eigenvalue weighted by atomic mass is 16.5. The molecule has 0 spiro atoms. The lowest BCUT2D eigenvalue weighted by Crippen LogP contribution is -2.25. The molecule has 1 amide bonds. The second-order valence-electron chi connectivity index (χ2n) is 7.42. The number of amides is 1. The smallest absolute Gasteiger partial charge is 0.231 e. The minimum Gasteiger partial charge on any atom is -0.502 e. The Morgan fingerprint density at radius 2 is 1.87 bits per heavy atom. The number of H-pyrrole nitrogens is 1. The molecule has 3 heterocycles. The highest BCUT2D eigenvalue weighted by molar-refractivity contribution is 5.95. The van der Waals surface area contributed by atoms with Gasteiger partial charge >= 0.3 is 0 Å². The Kier molecular flexibility index (Phi) is 4.32. The van der Waals surface area contributed by atoms with Crippen LogP contribution in [0.2, 0.25) is 0 Å².